The number of ether oxygens (including phenoxy) is 1. The molecule has 0 bridgehead atoms. The smallest absolute Gasteiger partial charge is 0.241 e. The molecule has 1 aromatic rings. The molecule has 0 spiro atoms. The average Bonchev–Trinajstić information content (AvgIpc) is 2.65. The van der Waals surface area contributed by atoms with Crippen LogP contribution >= 0.6 is 0 Å². The molecule has 27 heavy (non-hydrogen) atoms. The lowest BCUT2D eigenvalue weighted by molar-refractivity contribution is -0.133. The minimum atomic E-state index is -3.57. The van der Waals surface area contributed by atoms with Crippen molar-refractivity contribution in [1.29, 1.82) is 0 Å². The highest BCUT2D eigenvalue weighted by Crippen LogP contribution is 2.18. The topological polar surface area (TPSA) is 92.8 Å². The summed E-state index contributed by atoms with van der Waals surface area (Å²) in [7, 11) is -3.57. The van der Waals surface area contributed by atoms with Gasteiger partial charge < -0.3 is 15.0 Å². The molecule has 7 nitrogen and oxygen atoms in total. The SMILES string of the molecule is CC(C)Oc1ccc(S(=O)(=O)CCC(=O)NCC(=O)N2CCCCC2)cc1. The fraction of sp³-hybridized carbons (Fsp3) is 0.579. The minimum Gasteiger partial charge on any atom is -0.491 e. The van der Waals surface area contributed by atoms with Gasteiger partial charge in [0.2, 0.25) is 11.8 Å². The van der Waals surface area contributed by atoms with Gasteiger partial charge in [-0.3, -0.25) is 9.59 Å². The van der Waals surface area contributed by atoms with E-state index >= 15 is 0 Å². The Labute approximate surface area is 161 Å². The van der Waals surface area contributed by atoms with Crippen LogP contribution in [0.2, 0.25) is 0 Å². The van der Waals surface area contributed by atoms with Crippen molar-refractivity contribution in [3.63, 3.8) is 0 Å². The van der Waals surface area contributed by atoms with E-state index in [1.807, 2.05) is 13.8 Å². The zero-order chi connectivity index (χ0) is 19.9. The van der Waals surface area contributed by atoms with Gasteiger partial charge in [0.15, 0.2) is 9.84 Å². The molecule has 1 aliphatic heterocycles. The fourth-order valence-corrected chi connectivity index (χ4v) is 4.10. The second-order valence-corrected chi connectivity index (χ2v) is 9.03. The van der Waals surface area contributed by atoms with E-state index in [4.69, 9.17) is 4.74 Å². The van der Waals surface area contributed by atoms with Crippen LogP contribution in [-0.4, -0.2) is 56.6 Å². The van der Waals surface area contributed by atoms with E-state index in [0.717, 1.165) is 32.4 Å². The van der Waals surface area contributed by atoms with Crippen LogP contribution in [0.4, 0.5) is 0 Å². The minimum absolute atomic E-state index is 0.00352. The third kappa shape index (κ3) is 6.86. The largest absolute Gasteiger partial charge is 0.491 e. The van der Waals surface area contributed by atoms with Crippen molar-refractivity contribution in [2.45, 2.75) is 50.5 Å². The van der Waals surface area contributed by atoms with Crippen LogP contribution in [0.5, 0.6) is 5.75 Å². The number of carbonyl (C=O) groups excluding carboxylic acids is 2. The van der Waals surface area contributed by atoms with Crippen molar-refractivity contribution < 1.29 is 22.7 Å². The van der Waals surface area contributed by atoms with Gasteiger partial charge in [0.05, 0.1) is 23.3 Å². The van der Waals surface area contributed by atoms with Gasteiger partial charge in [0.25, 0.3) is 0 Å². The van der Waals surface area contributed by atoms with Crippen LogP contribution in [0.15, 0.2) is 29.2 Å². The summed E-state index contributed by atoms with van der Waals surface area (Å²) in [6, 6.07) is 6.16. The molecular formula is C19H28N2O5S. The summed E-state index contributed by atoms with van der Waals surface area (Å²) in [4.78, 5) is 25.8. The lowest BCUT2D eigenvalue weighted by atomic mass is 10.1. The lowest BCUT2D eigenvalue weighted by Gasteiger charge is -2.26. The molecule has 0 aromatic heterocycles. The zero-order valence-electron chi connectivity index (χ0n) is 15.9. The molecule has 1 aromatic carbocycles. The molecule has 0 aliphatic carbocycles. The maximum atomic E-state index is 12.4. The number of sulfone groups is 1. The fourth-order valence-electron chi connectivity index (χ4n) is 2.86. The summed E-state index contributed by atoms with van der Waals surface area (Å²) < 4.78 is 30.2. The number of nitrogens with one attached hydrogen (secondary N) is 1. The molecule has 1 heterocycles. The number of nitrogens with zero attached hydrogens (tertiary/aromatic N) is 1. The molecule has 8 heteroatoms. The summed E-state index contributed by atoms with van der Waals surface area (Å²) in [5, 5.41) is 2.52. The van der Waals surface area contributed by atoms with Gasteiger partial charge in [0.1, 0.15) is 5.75 Å². The molecule has 2 rings (SSSR count). The molecule has 0 saturated carbocycles. The lowest BCUT2D eigenvalue weighted by Crippen LogP contribution is -2.42. The first-order valence-corrected chi connectivity index (χ1v) is 11.0. The Morgan fingerprint density at radius 2 is 1.74 bits per heavy atom. The maximum absolute atomic E-state index is 12.4. The highest BCUT2D eigenvalue weighted by atomic mass is 32.2. The van der Waals surface area contributed by atoms with Crippen molar-refractivity contribution in [2.24, 2.45) is 0 Å². The highest BCUT2D eigenvalue weighted by Gasteiger charge is 2.19. The zero-order valence-corrected chi connectivity index (χ0v) is 16.8. The van der Waals surface area contributed by atoms with Gasteiger partial charge >= 0.3 is 0 Å². The molecule has 0 radical (unpaired) electrons. The molecule has 150 valence electrons. The Hall–Kier alpha value is -2.09. The van der Waals surface area contributed by atoms with Crippen LogP contribution < -0.4 is 10.1 Å². The van der Waals surface area contributed by atoms with Gasteiger partial charge in [-0.1, -0.05) is 0 Å². The van der Waals surface area contributed by atoms with Crippen LogP contribution in [-0.2, 0) is 19.4 Å². The Morgan fingerprint density at radius 1 is 1.11 bits per heavy atom. The van der Waals surface area contributed by atoms with Gasteiger partial charge in [-0.25, -0.2) is 8.42 Å². The molecule has 0 unspecified atom stereocenters. The summed E-state index contributed by atoms with van der Waals surface area (Å²) in [6.07, 6.45) is 2.92. The van der Waals surface area contributed by atoms with E-state index < -0.39 is 15.7 Å². The van der Waals surface area contributed by atoms with Gasteiger partial charge in [0, 0.05) is 19.5 Å². The van der Waals surface area contributed by atoms with Crippen molar-refractivity contribution in [3.05, 3.63) is 24.3 Å². The first-order chi connectivity index (χ1) is 12.8. The van der Waals surface area contributed by atoms with E-state index in [9.17, 15) is 18.0 Å². The standard InChI is InChI=1S/C19H28N2O5S/c1-15(2)26-16-6-8-17(9-7-16)27(24,25)13-10-18(22)20-14-19(23)21-11-4-3-5-12-21/h6-9,15H,3-5,10-14H2,1-2H3,(H,20,22). The Kier molecular flexibility index (Phi) is 7.65. The number of amides is 2. The van der Waals surface area contributed by atoms with E-state index in [2.05, 4.69) is 5.32 Å². The second kappa shape index (κ2) is 9.73. The summed E-state index contributed by atoms with van der Waals surface area (Å²) in [5.41, 5.74) is 0. The third-order valence-corrected chi connectivity index (χ3v) is 6.03. The van der Waals surface area contributed by atoms with Crippen LogP contribution in [0, 0.1) is 0 Å². The number of hydrogen-bond acceptors (Lipinski definition) is 5. The van der Waals surface area contributed by atoms with Crippen molar-refractivity contribution in [3.8, 4) is 5.75 Å². The maximum Gasteiger partial charge on any atom is 0.241 e. The summed E-state index contributed by atoms with van der Waals surface area (Å²) in [6.45, 7) is 5.14. The van der Waals surface area contributed by atoms with E-state index in [1.54, 1.807) is 17.0 Å². The second-order valence-electron chi connectivity index (χ2n) is 6.93. The molecular weight excluding hydrogens is 368 g/mol. The molecule has 1 fully saturated rings. The first-order valence-electron chi connectivity index (χ1n) is 9.32. The quantitative estimate of drug-likeness (QED) is 0.723. The van der Waals surface area contributed by atoms with Crippen LogP contribution in [0.25, 0.3) is 0 Å². The van der Waals surface area contributed by atoms with Gasteiger partial charge in [-0.2, -0.15) is 0 Å². The molecule has 1 saturated heterocycles. The Morgan fingerprint density at radius 3 is 2.33 bits per heavy atom. The number of piperidine rings is 1. The first kappa shape index (κ1) is 21.2. The van der Waals surface area contributed by atoms with E-state index in [1.165, 1.54) is 12.1 Å². The van der Waals surface area contributed by atoms with Crippen molar-refractivity contribution >= 4 is 21.7 Å². The van der Waals surface area contributed by atoms with E-state index in [-0.39, 0.29) is 35.6 Å². The van der Waals surface area contributed by atoms with E-state index in [0.29, 0.717) is 5.75 Å². The van der Waals surface area contributed by atoms with Crippen LogP contribution in [0.1, 0.15) is 39.5 Å². The molecule has 0 atom stereocenters. The average molecular weight is 397 g/mol. The third-order valence-electron chi connectivity index (χ3n) is 4.30. The predicted octanol–water partition coefficient (Wildman–Crippen LogP) is 1.77. The Balaban J connectivity index is 1.79. The van der Waals surface area contributed by atoms with Gasteiger partial charge in [-0.05, 0) is 57.4 Å². The molecule has 1 N–H and O–H groups in total. The van der Waals surface area contributed by atoms with Crippen molar-refractivity contribution in [1.82, 2.24) is 10.2 Å². The highest BCUT2D eigenvalue weighted by molar-refractivity contribution is 7.91. The molecule has 1 aliphatic rings. The number of benzene rings is 1. The predicted molar refractivity (Wildman–Crippen MR) is 102 cm³/mol. The number of hydrogen-bond donors (Lipinski definition) is 1. The molecule has 2 amide bonds. The summed E-state index contributed by atoms with van der Waals surface area (Å²) in [5.74, 6) is -0.269. The number of carbonyl (C=O) groups is 2. The van der Waals surface area contributed by atoms with Gasteiger partial charge in [-0.15, -0.1) is 0 Å². The normalized spacial score (nSPS) is 14.9. The number of likely N-dealkylation sites (tertiary alicyclic amines) is 1. The number of rotatable bonds is 8. The summed E-state index contributed by atoms with van der Waals surface area (Å²) >= 11 is 0. The Bertz CT molecular complexity index is 738. The monoisotopic (exact) mass is 396 g/mol. The van der Waals surface area contributed by atoms with Crippen LogP contribution in [0.3, 0.4) is 0 Å². The van der Waals surface area contributed by atoms with Crippen molar-refractivity contribution in [2.75, 3.05) is 25.4 Å².